The Morgan fingerprint density at radius 3 is 2.71 bits per heavy atom. The Hall–Kier alpha value is -1.91. The number of nitrogens with zero attached hydrogens (tertiary/aromatic N) is 1. The first-order valence-electron chi connectivity index (χ1n) is 5.33. The zero-order valence-electron chi connectivity index (χ0n) is 9.34. The van der Waals surface area contributed by atoms with Crippen molar-refractivity contribution in [1.29, 1.82) is 0 Å². The number of pyridine rings is 1. The number of hydrogen-bond acceptors (Lipinski definition) is 4. The molecule has 0 unspecified atom stereocenters. The number of aliphatic hydroxyl groups excluding tert-OH is 1. The van der Waals surface area contributed by atoms with Crippen LogP contribution in [0.3, 0.4) is 0 Å². The molecule has 4 heteroatoms. The third-order valence-electron chi connectivity index (χ3n) is 2.32. The molecule has 0 spiro atoms. The van der Waals surface area contributed by atoms with Gasteiger partial charge in [-0.15, -0.1) is 0 Å². The van der Waals surface area contributed by atoms with Crippen LogP contribution in [0.25, 0.3) is 0 Å². The Bertz CT molecular complexity index is 455. The average Bonchev–Trinajstić information content (AvgIpc) is 2.39. The number of hydrogen-bond donors (Lipinski definition) is 2. The quantitative estimate of drug-likeness (QED) is 0.840. The lowest BCUT2D eigenvalue weighted by Crippen LogP contribution is -1.97. The first-order valence-corrected chi connectivity index (χ1v) is 5.33. The molecule has 3 N–H and O–H groups in total. The minimum Gasteiger partial charge on any atom is -0.456 e. The molecule has 1 heterocycles. The summed E-state index contributed by atoms with van der Waals surface area (Å²) >= 11 is 0. The zero-order chi connectivity index (χ0) is 12.1. The molecule has 1 aromatic heterocycles. The first kappa shape index (κ1) is 11.6. The fourth-order valence-corrected chi connectivity index (χ4v) is 1.47. The van der Waals surface area contributed by atoms with Crippen LogP contribution < -0.4 is 10.5 Å². The van der Waals surface area contributed by atoms with E-state index in [4.69, 9.17) is 15.6 Å². The van der Waals surface area contributed by atoms with E-state index >= 15 is 0 Å². The fourth-order valence-electron chi connectivity index (χ4n) is 1.47. The highest BCUT2D eigenvalue weighted by molar-refractivity contribution is 5.33. The minimum absolute atomic E-state index is 0.00170. The summed E-state index contributed by atoms with van der Waals surface area (Å²) in [5.74, 6) is 1.32. The molecule has 4 nitrogen and oxygen atoms in total. The average molecular weight is 230 g/mol. The normalized spacial score (nSPS) is 10.2. The van der Waals surface area contributed by atoms with E-state index in [0.29, 0.717) is 18.0 Å². The molecule has 0 atom stereocenters. The smallest absolute Gasteiger partial charge is 0.146 e. The van der Waals surface area contributed by atoms with E-state index < -0.39 is 0 Å². The molecule has 0 radical (unpaired) electrons. The number of nitrogens with two attached hydrogens (primary N) is 1. The Morgan fingerprint density at radius 2 is 1.94 bits per heavy atom. The molecule has 0 bridgehead atoms. The van der Waals surface area contributed by atoms with Gasteiger partial charge in [-0.05, 0) is 29.3 Å². The highest BCUT2D eigenvalue weighted by Crippen LogP contribution is 2.22. The minimum atomic E-state index is -0.00170. The molecule has 2 rings (SSSR count). The van der Waals surface area contributed by atoms with Gasteiger partial charge in [-0.2, -0.15) is 0 Å². The van der Waals surface area contributed by atoms with Gasteiger partial charge in [0.25, 0.3) is 0 Å². The molecule has 1 aromatic carbocycles. The largest absolute Gasteiger partial charge is 0.456 e. The molecule has 0 fully saturated rings. The van der Waals surface area contributed by atoms with Gasteiger partial charge in [-0.3, -0.25) is 4.98 Å². The van der Waals surface area contributed by atoms with Crippen LogP contribution in [-0.2, 0) is 13.2 Å². The molecule has 0 amide bonds. The third-order valence-corrected chi connectivity index (χ3v) is 2.32. The van der Waals surface area contributed by atoms with Crippen LogP contribution in [0.5, 0.6) is 11.5 Å². The van der Waals surface area contributed by atoms with Gasteiger partial charge in [-0.1, -0.05) is 12.1 Å². The number of aliphatic hydroxyl groups is 1. The molecular formula is C13H14N2O2. The number of rotatable bonds is 4. The Labute approximate surface area is 99.7 Å². The lowest BCUT2D eigenvalue weighted by atomic mass is 10.2. The van der Waals surface area contributed by atoms with E-state index in [0.717, 1.165) is 11.1 Å². The SMILES string of the molecule is NCc1cncc(Oc2cccc(CO)c2)c1. The lowest BCUT2D eigenvalue weighted by Gasteiger charge is -2.07. The number of aromatic nitrogens is 1. The summed E-state index contributed by atoms with van der Waals surface area (Å²) < 4.78 is 5.63. The van der Waals surface area contributed by atoms with Crippen molar-refractivity contribution in [2.24, 2.45) is 5.73 Å². The van der Waals surface area contributed by atoms with E-state index in [1.807, 2.05) is 24.3 Å². The summed E-state index contributed by atoms with van der Waals surface area (Å²) in [5.41, 5.74) is 7.26. The molecule has 88 valence electrons. The van der Waals surface area contributed by atoms with Gasteiger partial charge >= 0.3 is 0 Å². The van der Waals surface area contributed by atoms with Crippen molar-refractivity contribution in [3.63, 3.8) is 0 Å². The van der Waals surface area contributed by atoms with E-state index in [2.05, 4.69) is 4.98 Å². The van der Waals surface area contributed by atoms with Crippen LogP contribution in [0.4, 0.5) is 0 Å². The molecule has 17 heavy (non-hydrogen) atoms. The second kappa shape index (κ2) is 5.43. The lowest BCUT2D eigenvalue weighted by molar-refractivity contribution is 0.281. The van der Waals surface area contributed by atoms with Crippen LogP contribution in [0.1, 0.15) is 11.1 Å². The molecule has 0 saturated carbocycles. The molecule has 0 saturated heterocycles. The summed E-state index contributed by atoms with van der Waals surface area (Å²) in [6.07, 6.45) is 3.34. The molecule has 0 aliphatic rings. The summed E-state index contributed by atoms with van der Waals surface area (Å²) in [5, 5.41) is 9.03. The van der Waals surface area contributed by atoms with Gasteiger partial charge in [0.2, 0.25) is 0 Å². The topological polar surface area (TPSA) is 68.4 Å². The van der Waals surface area contributed by atoms with Crippen LogP contribution in [0.2, 0.25) is 0 Å². The third kappa shape index (κ3) is 3.03. The molecular weight excluding hydrogens is 216 g/mol. The van der Waals surface area contributed by atoms with E-state index in [1.165, 1.54) is 0 Å². The second-order valence-electron chi connectivity index (χ2n) is 3.64. The van der Waals surface area contributed by atoms with Gasteiger partial charge in [0.15, 0.2) is 0 Å². The van der Waals surface area contributed by atoms with Crippen LogP contribution in [0.15, 0.2) is 42.7 Å². The van der Waals surface area contributed by atoms with Crippen molar-refractivity contribution < 1.29 is 9.84 Å². The first-order chi connectivity index (χ1) is 8.31. The predicted octanol–water partition coefficient (Wildman–Crippen LogP) is 1.82. The maximum atomic E-state index is 9.03. The predicted molar refractivity (Wildman–Crippen MR) is 64.6 cm³/mol. The van der Waals surface area contributed by atoms with Crippen molar-refractivity contribution in [3.05, 3.63) is 53.9 Å². The van der Waals surface area contributed by atoms with Crippen LogP contribution >= 0.6 is 0 Å². The van der Waals surface area contributed by atoms with Crippen molar-refractivity contribution in [2.75, 3.05) is 0 Å². The summed E-state index contributed by atoms with van der Waals surface area (Å²) in [4.78, 5) is 4.04. The van der Waals surface area contributed by atoms with Gasteiger partial charge in [-0.25, -0.2) is 0 Å². The Kier molecular flexibility index (Phi) is 3.69. The second-order valence-corrected chi connectivity index (χ2v) is 3.64. The monoisotopic (exact) mass is 230 g/mol. The molecule has 2 aromatic rings. The van der Waals surface area contributed by atoms with Crippen LogP contribution in [0, 0.1) is 0 Å². The summed E-state index contributed by atoms with van der Waals surface area (Å²) in [7, 11) is 0. The zero-order valence-corrected chi connectivity index (χ0v) is 9.34. The van der Waals surface area contributed by atoms with E-state index in [9.17, 15) is 0 Å². The van der Waals surface area contributed by atoms with Gasteiger partial charge < -0.3 is 15.6 Å². The number of ether oxygens (including phenoxy) is 1. The Balaban J connectivity index is 2.18. The molecule has 0 aliphatic heterocycles. The highest BCUT2D eigenvalue weighted by Gasteiger charge is 2.00. The molecule has 0 aliphatic carbocycles. The highest BCUT2D eigenvalue weighted by atomic mass is 16.5. The van der Waals surface area contributed by atoms with Gasteiger partial charge in [0, 0.05) is 12.7 Å². The van der Waals surface area contributed by atoms with Gasteiger partial charge in [0.1, 0.15) is 11.5 Å². The number of benzene rings is 1. The fraction of sp³-hybridized carbons (Fsp3) is 0.154. The van der Waals surface area contributed by atoms with E-state index in [1.54, 1.807) is 18.5 Å². The van der Waals surface area contributed by atoms with Crippen molar-refractivity contribution in [1.82, 2.24) is 4.98 Å². The maximum absolute atomic E-state index is 9.03. The van der Waals surface area contributed by atoms with Crippen molar-refractivity contribution in [3.8, 4) is 11.5 Å². The maximum Gasteiger partial charge on any atom is 0.146 e. The van der Waals surface area contributed by atoms with Gasteiger partial charge in [0.05, 0.1) is 12.8 Å². The summed E-state index contributed by atoms with van der Waals surface area (Å²) in [6.45, 7) is 0.430. The Morgan fingerprint density at radius 1 is 1.12 bits per heavy atom. The van der Waals surface area contributed by atoms with Crippen molar-refractivity contribution in [2.45, 2.75) is 13.2 Å². The van der Waals surface area contributed by atoms with Crippen LogP contribution in [-0.4, -0.2) is 10.1 Å². The van der Waals surface area contributed by atoms with E-state index in [-0.39, 0.29) is 6.61 Å². The van der Waals surface area contributed by atoms with Crippen molar-refractivity contribution >= 4 is 0 Å². The standard InChI is InChI=1S/C13H14N2O2/c14-6-11-5-13(8-15-7-11)17-12-3-1-2-10(4-12)9-16/h1-5,7-8,16H,6,9,14H2. The summed E-state index contributed by atoms with van der Waals surface area (Å²) in [6, 6.07) is 9.13.